The molecule has 0 aliphatic heterocycles. The summed E-state index contributed by atoms with van der Waals surface area (Å²) in [5.74, 6) is 0. The summed E-state index contributed by atoms with van der Waals surface area (Å²) in [7, 11) is -3.50. The maximum absolute atomic E-state index is 12.2. The zero-order valence-corrected chi connectivity index (χ0v) is 12.8. The van der Waals surface area contributed by atoms with Crippen LogP contribution in [0.2, 0.25) is 0 Å². The van der Waals surface area contributed by atoms with Crippen LogP contribution in [-0.2, 0) is 16.6 Å². The molecule has 0 unspecified atom stereocenters. The zero-order chi connectivity index (χ0) is 13.9. The highest BCUT2D eigenvalue weighted by atomic mass is 79.9. The highest BCUT2D eigenvalue weighted by Gasteiger charge is 2.16. The molecule has 0 atom stereocenters. The standard InChI is InChI=1S/C14H14BrNO2S/c1-11-6-2-3-7-12(11)10-16-19(17,18)14-9-5-4-8-13(14)15/h2-9,16H,10H2,1H3. The summed E-state index contributed by atoms with van der Waals surface area (Å²) in [4.78, 5) is 0.253. The van der Waals surface area contributed by atoms with Crippen LogP contribution in [0.15, 0.2) is 57.9 Å². The first-order valence-corrected chi connectivity index (χ1v) is 8.07. The van der Waals surface area contributed by atoms with Gasteiger partial charge in [0.05, 0.1) is 4.90 Å². The van der Waals surface area contributed by atoms with E-state index in [0.717, 1.165) is 11.1 Å². The minimum atomic E-state index is -3.50. The topological polar surface area (TPSA) is 46.2 Å². The number of halogens is 1. The number of sulfonamides is 1. The maximum atomic E-state index is 12.2. The summed E-state index contributed by atoms with van der Waals surface area (Å²) in [5.41, 5.74) is 2.04. The predicted molar refractivity (Wildman–Crippen MR) is 79.3 cm³/mol. The van der Waals surface area contributed by atoms with E-state index in [0.29, 0.717) is 4.47 Å². The van der Waals surface area contributed by atoms with E-state index in [4.69, 9.17) is 0 Å². The lowest BCUT2D eigenvalue weighted by atomic mass is 10.1. The minimum absolute atomic E-state index is 0.253. The van der Waals surface area contributed by atoms with Crippen LogP contribution in [0.1, 0.15) is 11.1 Å². The van der Waals surface area contributed by atoms with E-state index in [-0.39, 0.29) is 11.4 Å². The summed E-state index contributed by atoms with van der Waals surface area (Å²) in [6, 6.07) is 14.5. The Labute approximate surface area is 121 Å². The second kappa shape index (κ2) is 5.86. The molecule has 0 fully saturated rings. The van der Waals surface area contributed by atoms with Crippen molar-refractivity contribution in [2.45, 2.75) is 18.4 Å². The van der Waals surface area contributed by atoms with Gasteiger partial charge in [-0.05, 0) is 46.1 Å². The molecule has 100 valence electrons. The number of hydrogen-bond donors (Lipinski definition) is 1. The molecular formula is C14H14BrNO2S. The summed E-state index contributed by atoms with van der Waals surface area (Å²) < 4.78 is 27.6. The third-order valence-electron chi connectivity index (χ3n) is 2.84. The quantitative estimate of drug-likeness (QED) is 0.929. The van der Waals surface area contributed by atoms with E-state index < -0.39 is 10.0 Å². The van der Waals surface area contributed by atoms with Crippen LogP contribution in [-0.4, -0.2) is 8.42 Å². The van der Waals surface area contributed by atoms with E-state index in [2.05, 4.69) is 20.7 Å². The van der Waals surface area contributed by atoms with Gasteiger partial charge in [-0.15, -0.1) is 0 Å². The first-order valence-electron chi connectivity index (χ1n) is 5.79. The van der Waals surface area contributed by atoms with Gasteiger partial charge in [0.2, 0.25) is 10.0 Å². The lowest BCUT2D eigenvalue weighted by molar-refractivity contribution is 0.580. The Kier molecular flexibility index (Phi) is 4.39. The van der Waals surface area contributed by atoms with Crippen molar-refractivity contribution in [1.82, 2.24) is 4.72 Å². The molecule has 2 aromatic carbocycles. The van der Waals surface area contributed by atoms with Gasteiger partial charge in [0.1, 0.15) is 0 Å². The van der Waals surface area contributed by atoms with Gasteiger partial charge >= 0.3 is 0 Å². The van der Waals surface area contributed by atoms with Crippen LogP contribution < -0.4 is 4.72 Å². The molecule has 0 saturated carbocycles. The van der Waals surface area contributed by atoms with Crippen molar-refractivity contribution in [3.8, 4) is 0 Å². The van der Waals surface area contributed by atoms with Crippen LogP contribution >= 0.6 is 15.9 Å². The van der Waals surface area contributed by atoms with Crippen molar-refractivity contribution in [3.05, 3.63) is 64.1 Å². The van der Waals surface area contributed by atoms with Crippen molar-refractivity contribution >= 4 is 26.0 Å². The molecule has 3 nitrogen and oxygen atoms in total. The molecule has 0 amide bonds. The Morgan fingerprint density at radius 3 is 2.37 bits per heavy atom. The molecule has 0 heterocycles. The van der Waals surface area contributed by atoms with Gasteiger partial charge in [-0.2, -0.15) is 0 Å². The summed E-state index contributed by atoms with van der Waals surface area (Å²) in [5, 5.41) is 0. The molecule has 0 radical (unpaired) electrons. The highest BCUT2D eigenvalue weighted by molar-refractivity contribution is 9.10. The van der Waals surface area contributed by atoms with E-state index in [9.17, 15) is 8.42 Å². The third-order valence-corrected chi connectivity index (χ3v) is 5.25. The number of aryl methyl sites for hydroxylation is 1. The number of benzene rings is 2. The fraction of sp³-hybridized carbons (Fsp3) is 0.143. The first kappa shape index (κ1) is 14.2. The van der Waals surface area contributed by atoms with E-state index in [1.807, 2.05) is 31.2 Å². The monoisotopic (exact) mass is 339 g/mol. The second-order valence-corrected chi connectivity index (χ2v) is 6.77. The lowest BCUT2D eigenvalue weighted by Gasteiger charge is -2.10. The van der Waals surface area contributed by atoms with E-state index in [1.54, 1.807) is 24.3 Å². The Bertz CT molecular complexity index is 683. The van der Waals surface area contributed by atoms with E-state index in [1.165, 1.54) is 0 Å². The molecule has 1 N–H and O–H groups in total. The Morgan fingerprint density at radius 1 is 1.05 bits per heavy atom. The molecule has 5 heteroatoms. The Balaban J connectivity index is 2.20. The molecule has 0 aliphatic rings. The average Bonchev–Trinajstić information content (AvgIpc) is 2.38. The Hall–Kier alpha value is -1.17. The predicted octanol–water partition coefficient (Wildman–Crippen LogP) is 3.24. The van der Waals surface area contributed by atoms with Crippen LogP contribution in [0.4, 0.5) is 0 Å². The van der Waals surface area contributed by atoms with Crippen LogP contribution in [0, 0.1) is 6.92 Å². The zero-order valence-electron chi connectivity index (χ0n) is 10.4. The van der Waals surface area contributed by atoms with Gasteiger partial charge in [0.25, 0.3) is 0 Å². The third kappa shape index (κ3) is 3.43. The van der Waals surface area contributed by atoms with Gasteiger partial charge in [0.15, 0.2) is 0 Å². The normalized spacial score (nSPS) is 11.5. The molecule has 19 heavy (non-hydrogen) atoms. The second-order valence-electron chi connectivity index (χ2n) is 4.18. The molecule has 0 aliphatic carbocycles. The summed E-state index contributed by atoms with van der Waals surface area (Å²) in [6.07, 6.45) is 0. The summed E-state index contributed by atoms with van der Waals surface area (Å²) in [6.45, 7) is 2.25. The van der Waals surface area contributed by atoms with Crippen LogP contribution in [0.25, 0.3) is 0 Å². The van der Waals surface area contributed by atoms with Gasteiger partial charge < -0.3 is 0 Å². The highest BCUT2D eigenvalue weighted by Crippen LogP contribution is 2.21. The molecule has 0 bridgehead atoms. The summed E-state index contributed by atoms with van der Waals surface area (Å²) >= 11 is 3.25. The molecule has 0 spiro atoms. The SMILES string of the molecule is Cc1ccccc1CNS(=O)(=O)c1ccccc1Br. The maximum Gasteiger partial charge on any atom is 0.241 e. The average molecular weight is 340 g/mol. The van der Waals surface area contributed by atoms with Crippen molar-refractivity contribution in [2.75, 3.05) is 0 Å². The Morgan fingerprint density at radius 2 is 1.68 bits per heavy atom. The molecule has 0 aromatic heterocycles. The number of hydrogen-bond acceptors (Lipinski definition) is 2. The number of rotatable bonds is 4. The van der Waals surface area contributed by atoms with Crippen molar-refractivity contribution in [1.29, 1.82) is 0 Å². The van der Waals surface area contributed by atoms with Crippen molar-refractivity contribution in [3.63, 3.8) is 0 Å². The van der Waals surface area contributed by atoms with Crippen molar-refractivity contribution < 1.29 is 8.42 Å². The van der Waals surface area contributed by atoms with Gasteiger partial charge in [-0.25, -0.2) is 13.1 Å². The van der Waals surface area contributed by atoms with Crippen LogP contribution in [0.5, 0.6) is 0 Å². The minimum Gasteiger partial charge on any atom is -0.207 e. The largest absolute Gasteiger partial charge is 0.241 e. The van der Waals surface area contributed by atoms with Crippen LogP contribution in [0.3, 0.4) is 0 Å². The lowest BCUT2D eigenvalue weighted by Crippen LogP contribution is -2.23. The molecule has 2 aromatic rings. The van der Waals surface area contributed by atoms with Crippen molar-refractivity contribution in [2.24, 2.45) is 0 Å². The van der Waals surface area contributed by atoms with Gasteiger partial charge in [-0.3, -0.25) is 0 Å². The van der Waals surface area contributed by atoms with Gasteiger partial charge in [0, 0.05) is 11.0 Å². The van der Waals surface area contributed by atoms with E-state index >= 15 is 0 Å². The fourth-order valence-corrected chi connectivity index (χ4v) is 3.73. The van der Waals surface area contributed by atoms with Gasteiger partial charge in [-0.1, -0.05) is 36.4 Å². The first-order chi connectivity index (χ1) is 9.00. The fourth-order valence-electron chi connectivity index (χ4n) is 1.72. The molecule has 2 rings (SSSR count). The molecule has 0 saturated heterocycles. The number of nitrogens with one attached hydrogen (secondary N) is 1. The molecular weight excluding hydrogens is 326 g/mol. The smallest absolute Gasteiger partial charge is 0.207 e.